The van der Waals surface area contributed by atoms with E-state index in [4.69, 9.17) is 0 Å². The second kappa shape index (κ2) is 5.30. The highest BCUT2D eigenvalue weighted by Crippen LogP contribution is 2.24. The summed E-state index contributed by atoms with van der Waals surface area (Å²) in [6.07, 6.45) is 5.20. The van der Waals surface area contributed by atoms with Crippen molar-refractivity contribution in [3.05, 3.63) is 48.5 Å². The highest BCUT2D eigenvalue weighted by molar-refractivity contribution is 5.38. The first-order chi connectivity index (χ1) is 8.75. The van der Waals surface area contributed by atoms with Crippen molar-refractivity contribution in [1.82, 2.24) is 9.55 Å². The molecule has 5 nitrogen and oxygen atoms in total. The third kappa shape index (κ3) is 2.15. The van der Waals surface area contributed by atoms with Crippen LogP contribution in [-0.2, 0) is 5.41 Å². The average Bonchev–Trinajstić information content (AvgIpc) is 2.96. The van der Waals surface area contributed by atoms with Crippen LogP contribution in [0.15, 0.2) is 43.0 Å². The maximum Gasteiger partial charge on any atom is 0.0991 e. The van der Waals surface area contributed by atoms with Crippen LogP contribution in [0.2, 0.25) is 0 Å². The fraction of sp³-hybridized carbons (Fsp3) is 0.308. The zero-order chi connectivity index (χ0) is 13.0. The van der Waals surface area contributed by atoms with Crippen molar-refractivity contribution >= 4 is 0 Å². The van der Waals surface area contributed by atoms with E-state index >= 15 is 0 Å². The summed E-state index contributed by atoms with van der Waals surface area (Å²) in [6.45, 7) is -0.904. The fourth-order valence-corrected chi connectivity index (χ4v) is 1.82. The summed E-state index contributed by atoms with van der Waals surface area (Å²) >= 11 is 0. The van der Waals surface area contributed by atoms with Crippen molar-refractivity contribution in [3.63, 3.8) is 0 Å². The van der Waals surface area contributed by atoms with Gasteiger partial charge in [0.25, 0.3) is 0 Å². The number of aliphatic hydroxyl groups is 3. The molecule has 0 saturated carbocycles. The van der Waals surface area contributed by atoms with Gasteiger partial charge in [0.1, 0.15) is 0 Å². The van der Waals surface area contributed by atoms with E-state index in [2.05, 4.69) is 4.98 Å². The van der Waals surface area contributed by atoms with Gasteiger partial charge in [0, 0.05) is 18.1 Å². The minimum atomic E-state index is -0.993. The number of imidazole rings is 1. The zero-order valence-electron chi connectivity index (χ0n) is 9.90. The van der Waals surface area contributed by atoms with Gasteiger partial charge in [-0.15, -0.1) is 0 Å². The van der Waals surface area contributed by atoms with Crippen LogP contribution in [0, 0.1) is 0 Å². The number of hydrogen-bond acceptors (Lipinski definition) is 4. The predicted octanol–water partition coefficient (Wildman–Crippen LogP) is 0.0870. The first kappa shape index (κ1) is 12.8. The zero-order valence-corrected chi connectivity index (χ0v) is 9.90. The Bertz CT molecular complexity index is 467. The molecule has 0 spiro atoms. The molecule has 0 aliphatic carbocycles. The van der Waals surface area contributed by atoms with Crippen LogP contribution in [-0.4, -0.2) is 44.7 Å². The summed E-state index contributed by atoms with van der Waals surface area (Å²) in [7, 11) is 0. The molecule has 1 aromatic heterocycles. The topological polar surface area (TPSA) is 78.5 Å². The maximum atomic E-state index is 9.35. The molecule has 3 N–H and O–H groups in total. The lowest BCUT2D eigenvalue weighted by Crippen LogP contribution is -2.38. The Hall–Kier alpha value is -1.69. The van der Waals surface area contributed by atoms with Crippen molar-refractivity contribution < 1.29 is 15.3 Å². The van der Waals surface area contributed by atoms with Crippen LogP contribution >= 0.6 is 0 Å². The predicted molar refractivity (Wildman–Crippen MR) is 66.5 cm³/mol. The van der Waals surface area contributed by atoms with E-state index in [1.165, 1.54) is 0 Å². The molecule has 0 atom stereocenters. The summed E-state index contributed by atoms with van der Waals surface area (Å²) in [5, 5.41) is 28.0. The molecule has 0 fully saturated rings. The molecule has 18 heavy (non-hydrogen) atoms. The monoisotopic (exact) mass is 248 g/mol. The van der Waals surface area contributed by atoms with Crippen molar-refractivity contribution in [1.29, 1.82) is 0 Å². The van der Waals surface area contributed by atoms with Gasteiger partial charge in [-0.3, -0.25) is 0 Å². The molecular formula is C13H16N2O3. The summed E-state index contributed by atoms with van der Waals surface area (Å²) in [6, 6.07) is 7.29. The molecular weight excluding hydrogens is 232 g/mol. The highest BCUT2D eigenvalue weighted by Gasteiger charge is 2.30. The molecule has 0 radical (unpaired) electrons. The van der Waals surface area contributed by atoms with Crippen LogP contribution < -0.4 is 0 Å². The minimum Gasteiger partial charge on any atom is -0.395 e. The van der Waals surface area contributed by atoms with Gasteiger partial charge >= 0.3 is 0 Å². The molecule has 0 saturated heterocycles. The molecule has 0 unspecified atom stereocenters. The summed E-state index contributed by atoms with van der Waals surface area (Å²) in [4.78, 5) is 3.96. The minimum absolute atomic E-state index is 0.301. The van der Waals surface area contributed by atoms with Crippen molar-refractivity contribution in [3.8, 4) is 5.69 Å². The van der Waals surface area contributed by atoms with Gasteiger partial charge in [0.2, 0.25) is 0 Å². The van der Waals surface area contributed by atoms with Crippen LogP contribution in [0.3, 0.4) is 0 Å². The van der Waals surface area contributed by atoms with Gasteiger partial charge < -0.3 is 19.9 Å². The summed E-state index contributed by atoms with van der Waals surface area (Å²) < 4.78 is 1.85. The summed E-state index contributed by atoms with van der Waals surface area (Å²) in [5.41, 5.74) is 0.644. The molecule has 96 valence electrons. The molecule has 0 bridgehead atoms. The van der Waals surface area contributed by atoms with E-state index in [-0.39, 0.29) is 19.8 Å². The SMILES string of the molecule is OCC(CO)(CO)c1ccc(-n2ccnc2)cc1. The van der Waals surface area contributed by atoms with Crippen LogP contribution in [0.4, 0.5) is 0 Å². The second-order valence-electron chi connectivity index (χ2n) is 4.27. The quantitative estimate of drug-likeness (QED) is 0.700. The van der Waals surface area contributed by atoms with E-state index in [0.29, 0.717) is 5.56 Å². The number of rotatable bonds is 5. The number of nitrogens with zero attached hydrogens (tertiary/aromatic N) is 2. The fourth-order valence-electron chi connectivity index (χ4n) is 1.82. The number of benzene rings is 1. The molecule has 5 heteroatoms. The van der Waals surface area contributed by atoms with Crippen molar-refractivity contribution in [2.75, 3.05) is 19.8 Å². The van der Waals surface area contributed by atoms with E-state index in [1.54, 1.807) is 24.7 Å². The number of aromatic nitrogens is 2. The van der Waals surface area contributed by atoms with Gasteiger partial charge in [0.15, 0.2) is 0 Å². The maximum absolute atomic E-state index is 9.35. The molecule has 2 aromatic rings. The normalized spacial score (nSPS) is 11.7. The van der Waals surface area contributed by atoms with Gasteiger partial charge in [-0.2, -0.15) is 0 Å². The Morgan fingerprint density at radius 3 is 2.06 bits per heavy atom. The summed E-state index contributed by atoms with van der Waals surface area (Å²) in [5.74, 6) is 0. The third-order valence-electron chi connectivity index (χ3n) is 3.19. The standard InChI is InChI=1S/C13H16N2O3/c16-7-13(8-17,9-18)11-1-3-12(4-2-11)15-6-5-14-10-15/h1-6,10,16-18H,7-9H2. The molecule has 1 aromatic carbocycles. The van der Waals surface area contributed by atoms with Gasteiger partial charge in [-0.05, 0) is 17.7 Å². The lowest BCUT2D eigenvalue weighted by Gasteiger charge is -2.28. The molecule has 2 rings (SSSR count). The second-order valence-corrected chi connectivity index (χ2v) is 4.27. The van der Waals surface area contributed by atoms with Gasteiger partial charge in [-0.25, -0.2) is 4.98 Å². The van der Waals surface area contributed by atoms with E-state index in [0.717, 1.165) is 5.69 Å². The Morgan fingerprint density at radius 2 is 1.61 bits per heavy atom. The van der Waals surface area contributed by atoms with Crippen molar-refractivity contribution in [2.24, 2.45) is 0 Å². The van der Waals surface area contributed by atoms with E-state index in [9.17, 15) is 15.3 Å². The van der Waals surface area contributed by atoms with Gasteiger partial charge in [0.05, 0.1) is 31.6 Å². The van der Waals surface area contributed by atoms with Crippen LogP contribution in [0.1, 0.15) is 5.56 Å². The Labute approximate surface area is 105 Å². The largest absolute Gasteiger partial charge is 0.395 e. The van der Waals surface area contributed by atoms with Crippen molar-refractivity contribution in [2.45, 2.75) is 5.41 Å². The van der Waals surface area contributed by atoms with E-state index in [1.807, 2.05) is 22.9 Å². The number of hydrogen-bond donors (Lipinski definition) is 3. The number of aliphatic hydroxyl groups excluding tert-OH is 3. The lowest BCUT2D eigenvalue weighted by atomic mass is 9.83. The van der Waals surface area contributed by atoms with Gasteiger partial charge in [-0.1, -0.05) is 12.1 Å². The Morgan fingerprint density at radius 1 is 1.00 bits per heavy atom. The highest BCUT2D eigenvalue weighted by atomic mass is 16.3. The third-order valence-corrected chi connectivity index (χ3v) is 3.19. The first-order valence-corrected chi connectivity index (χ1v) is 5.67. The van der Waals surface area contributed by atoms with Crippen LogP contribution in [0.25, 0.3) is 5.69 Å². The first-order valence-electron chi connectivity index (χ1n) is 5.67. The Kier molecular flexibility index (Phi) is 3.76. The van der Waals surface area contributed by atoms with E-state index < -0.39 is 5.41 Å². The lowest BCUT2D eigenvalue weighted by molar-refractivity contribution is 0.0641. The van der Waals surface area contributed by atoms with Crippen LogP contribution in [0.5, 0.6) is 0 Å². The molecule has 0 aliphatic heterocycles. The molecule has 0 aliphatic rings. The average molecular weight is 248 g/mol. The Balaban J connectivity index is 2.32. The smallest absolute Gasteiger partial charge is 0.0991 e. The molecule has 0 amide bonds. The molecule has 1 heterocycles.